The number of sulfone groups is 1. The first-order valence-corrected chi connectivity index (χ1v) is 12.8. The number of hydrogen-bond acceptors (Lipinski definition) is 8. The molecule has 0 spiro atoms. The summed E-state index contributed by atoms with van der Waals surface area (Å²) in [6, 6.07) is 2.86. The summed E-state index contributed by atoms with van der Waals surface area (Å²) in [4.78, 5) is 46.0. The number of carbonyl (C=O) groups is 1. The molecule has 1 fully saturated rings. The molecule has 1 amide bonds. The van der Waals surface area contributed by atoms with Gasteiger partial charge < -0.3 is 15.0 Å². The third-order valence-electron chi connectivity index (χ3n) is 5.50. The van der Waals surface area contributed by atoms with Crippen molar-refractivity contribution in [3.63, 3.8) is 0 Å². The van der Waals surface area contributed by atoms with Crippen LogP contribution in [0.15, 0.2) is 44.3 Å². The molecule has 1 aliphatic heterocycles. The Bertz CT molecular complexity index is 1350. The molecule has 3 heterocycles. The van der Waals surface area contributed by atoms with Crippen LogP contribution in [0.25, 0.3) is 10.9 Å². The van der Waals surface area contributed by atoms with Crippen molar-refractivity contribution in [1.82, 2.24) is 14.5 Å². The molecule has 1 aliphatic rings. The smallest absolute Gasteiger partial charge is 0.329 e. The van der Waals surface area contributed by atoms with Crippen molar-refractivity contribution >= 4 is 43.1 Å². The molecule has 0 saturated carbocycles. The Morgan fingerprint density at radius 1 is 1.34 bits per heavy atom. The van der Waals surface area contributed by atoms with E-state index in [1.54, 1.807) is 11.6 Å². The Hall–Kier alpha value is -2.83. The van der Waals surface area contributed by atoms with Crippen LogP contribution in [0.3, 0.4) is 0 Å². The number of carbonyl (C=O) groups excluding carboxylic acids is 1. The molecule has 0 radical (unpaired) electrons. The Kier molecular flexibility index (Phi) is 6.26. The molecule has 10 nitrogen and oxygen atoms in total. The molecular formula is C20H22N4O6S2. The predicted molar refractivity (Wildman–Crippen MR) is 120 cm³/mol. The first kappa shape index (κ1) is 22.4. The average molecular weight is 479 g/mol. The summed E-state index contributed by atoms with van der Waals surface area (Å²) in [5.41, 5.74) is -1.33. The van der Waals surface area contributed by atoms with Crippen molar-refractivity contribution in [2.45, 2.75) is 30.2 Å². The van der Waals surface area contributed by atoms with Crippen LogP contribution in [0, 0.1) is 5.92 Å². The van der Waals surface area contributed by atoms with Crippen molar-refractivity contribution in [2.24, 2.45) is 5.92 Å². The summed E-state index contributed by atoms with van der Waals surface area (Å²) in [5, 5.41) is 4.88. The van der Waals surface area contributed by atoms with E-state index in [1.165, 1.54) is 29.5 Å². The van der Waals surface area contributed by atoms with Crippen LogP contribution < -0.4 is 16.6 Å². The first-order chi connectivity index (χ1) is 15.2. The topological polar surface area (TPSA) is 140 Å². The highest BCUT2D eigenvalue weighted by atomic mass is 32.2. The molecule has 1 atom stereocenters. The van der Waals surface area contributed by atoms with Gasteiger partial charge in [-0.3, -0.25) is 9.59 Å². The molecule has 12 heteroatoms. The van der Waals surface area contributed by atoms with Gasteiger partial charge in [-0.25, -0.2) is 22.8 Å². The number of aromatic amines is 1. The minimum absolute atomic E-state index is 0.0157. The highest BCUT2D eigenvalue weighted by Gasteiger charge is 2.29. The molecule has 0 aliphatic carbocycles. The Morgan fingerprint density at radius 2 is 2.09 bits per heavy atom. The minimum Gasteiger partial charge on any atom is -0.381 e. The lowest BCUT2D eigenvalue weighted by Gasteiger charge is -2.26. The summed E-state index contributed by atoms with van der Waals surface area (Å²) >= 11 is 1.23. The second kappa shape index (κ2) is 8.96. The fraction of sp³-hybridized carbons (Fsp3) is 0.400. The van der Waals surface area contributed by atoms with E-state index in [9.17, 15) is 22.8 Å². The number of nitrogens with one attached hydrogen (secondary N) is 2. The molecule has 2 N–H and O–H groups in total. The van der Waals surface area contributed by atoms with Crippen molar-refractivity contribution in [3.8, 4) is 0 Å². The average Bonchev–Trinajstić information content (AvgIpc) is 3.25. The first-order valence-electron chi connectivity index (χ1n) is 10.0. The fourth-order valence-corrected chi connectivity index (χ4v) is 5.00. The van der Waals surface area contributed by atoms with Gasteiger partial charge >= 0.3 is 5.69 Å². The number of hydrogen-bond donors (Lipinski definition) is 2. The van der Waals surface area contributed by atoms with E-state index in [-0.39, 0.29) is 28.1 Å². The van der Waals surface area contributed by atoms with E-state index in [0.29, 0.717) is 18.3 Å². The number of amides is 1. The maximum absolute atomic E-state index is 13.3. The zero-order valence-corrected chi connectivity index (χ0v) is 18.9. The number of aromatic nitrogens is 3. The summed E-state index contributed by atoms with van der Waals surface area (Å²) in [5.74, 6) is -0.406. The van der Waals surface area contributed by atoms with E-state index in [0.717, 1.165) is 23.7 Å². The summed E-state index contributed by atoms with van der Waals surface area (Å²) < 4.78 is 30.0. The fourth-order valence-electron chi connectivity index (χ4n) is 3.83. The van der Waals surface area contributed by atoms with Crippen LogP contribution in [0.2, 0.25) is 0 Å². The molecule has 1 unspecified atom stereocenters. The van der Waals surface area contributed by atoms with Crippen molar-refractivity contribution in [1.29, 1.82) is 0 Å². The van der Waals surface area contributed by atoms with E-state index < -0.39 is 33.0 Å². The molecule has 32 heavy (non-hydrogen) atoms. The van der Waals surface area contributed by atoms with Crippen LogP contribution in [0.4, 0.5) is 5.13 Å². The molecule has 1 saturated heterocycles. The normalized spacial score (nSPS) is 16.2. The molecule has 4 rings (SSSR count). The standard InChI is InChI=1S/C20H22N4O6S2/c1-32(28,29)13-2-3-14-15(11-13)22-20(27)24(18(14)26)16(10-12-4-7-30-8-5-12)17(25)23-19-21-6-9-31-19/h2-3,6,9,11-12,16H,4-5,7-8,10H2,1H3,(H,22,27)(H,21,23,25). The van der Waals surface area contributed by atoms with Crippen LogP contribution in [-0.4, -0.2) is 48.3 Å². The number of nitrogens with zero attached hydrogens (tertiary/aromatic N) is 2. The maximum atomic E-state index is 13.3. The highest BCUT2D eigenvalue weighted by molar-refractivity contribution is 7.90. The van der Waals surface area contributed by atoms with Gasteiger partial charge in [0.15, 0.2) is 15.0 Å². The van der Waals surface area contributed by atoms with Gasteiger partial charge in [0.1, 0.15) is 6.04 Å². The number of ether oxygens (including phenoxy) is 1. The lowest BCUT2D eigenvalue weighted by molar-refractivity contribution is -0.120. The van der Waals surface area contributed by atoms with Gasteiger partial charge in [-0.2, -0.15) is 0 Å². The SMILES string of the molecule is CS(=O)(=O)c1ccc2c(=O)n(C(CC3CCOCC3)C(=O)Nc3nccs3)c(=O)[nH]c2c1. The number of thiazole rings is 1. The summed E-state index contributed by atoms with van der Waals surface area (Å²) in [6.07, 6.45) is 4.32. The van der Waals surface area contributed by atoms with Crippen molar-refractivity contribution in [2.75, 3.05) is 24.8 Å². The van der Waals surface area contributed by atoms with Crippen LogP contribution in [0.5, 0.6) is 0 Å². The van der Waals surface area contributed by atoms with Gasteiger partial charge in [-0.05, 0) is 43.4 Å². The summed E-state index contributed by atoms with van der Waals surface area (Å²) in [7, 11) is -3.52. The van der Waals surface area contributed by atoms with E-state index in [2.05, 4.69) is 15.3 Å². The van der Waals surface area contributed by atoms with Gasteiger partial charge in [0.05, 0.1) is 15.8 Å². The zero-order valence-electron chi connectivity index (χ0n) is 17.2. The molecule has 3 aromatic rings. The summed E-state index contributed by atoms with van der Waals surface area (Å²) in [6.45, 7) is 1.12. The van der Waals surface area contributed by atoms with Crippen LogP contribution >= 0.6 is 11.3 Å². The van der Waals surface area contributed by atoms with E-state index >= 15 is 0 Å². The maximum Gasteiger partial charge on any atom is 0.329 e. The minimum atomic E-state index is -3.52. The predicted octanol–water partition coefficient (Wildman–Crippen LogP) is 1.55. The lowest BCUT2D eigenvalue weighted by atomic mass is 9.92. The van der Waals surface area contributed by atoms with E-state index in [4.69, 9.17) is 4.74 Å². The third kappa shape index (κ3) is 4.66. The number of anilines is 1. The van der Waals surface area contributed by atoms with Crippen molar-refractivity contribution < 1.29 is 17.9 Å². The van der Waals surface area contributed by atoms with Gasteiger partial charge in [0, 0.05) is 31.0 Å². The molecule has 1 aromatic carbocycles. The largest absolute Gasteiger partial charge is 0.381 e. The quantitative estimate of drug-likeness (QED) is 0.548. The Labute approximate surface area is 187 Å². The number of rotatable bonds is 6. The lowest BCUT2D eigenvalue weighted by Crippen LogP contribution is -2.43. The van der Waals surface area contributed by atoms with Gasteiger partial charge in [-0.15, -0.1) is 11.3 Å². The van der Waals surface area contributed by atoms with Crippen molar-refractivity contribution in [3.05, 3.63) is 50.6 Å². The number of benzene rings is 1. The highest BCUT2D eigenvalue weighted by Crippen LogP contribution is 2.26. The van der Waals surface area contributed by atoms with Gasteiger partial charge in [-0.1, -0.05) is 0 Å². The van der Waals surface area contributed by atoms with E-state index in [1.807, 2.05) is 0 Å². The Morgan fingerprint density at radius 3 is 2.75 bits per heavy atom. The molecule has 2 aromatic heterocycles. The van der Waals surface area contributed by atoms with Gasteiger partial charge in [0.25, 0.3) is 5.56 Å². The monoisotopic (exact) mass is 478 g/mol. The molecule has 170 valence electrons. The van der Waals surface area contributed by atoms with Crippen LogP contribution in [0.1, 0.15) is 25.3 Å². The Balaban J connectivity index is 1.79. The molecular weight excluding hydrogens is 456 g/mol. The second-order valence-electron chi connectivity index (χ2n) is 7.72. The number of fused-ring (bicyclic) bond motifs is 1. The van der Waals surface area contributed by atoms with Gasteiger partial charge in [0.2, 0.25) is 5.91 Å². The molecule has 0 bridgehead atoms. The zero-order chi connectivity index (χ0) is 22.9. The van der Waals surface area contributed by atoms with Crippen LogP contribution in [-0.2, 0) is 19.4 Å². The third-order valence-corrected chi connectivity index (χ3v) is 7.30. The second-order valence-corrected chi connectivity index (χ2v) is 10.6. The number of H-pyrrole nitrogens is 1.